The summed E-state index contributed by atoms with van der Waals surface area (Å²) in [5, 5.41) is 2.83. The monoisotopic (exact) mass is 311 g/mol. The Morgan fingerprint density at radius 1 is 1.17 bits per heavy atom. The largest absolute Gasteiger partial charge is 0.464 e. The maximum Gasteiger partial charge on any atom is 0.316 e. The van der Waals surface area contributed by atoms with E-state index in [2.05, 4.69) is 15.3 Å². The van der Waals surface area contributed by atoms with E-state index in [9.17, 15) is 4.79 Å². The van der Waals surface area contributed by atoms with Crippen molar-refractivity contribution in [3.05, 3.63) is 52.9 Å². The minimum atomic E-state index is -0.216. The van der Waals surface area contributed by atoms with E-state index >= 15 is 0 Å². The summed E-state index contributed by atoms with van der Waals surface area (Å²) in [6.07, 6.45) is 3.31. The zero-order valence-electron chi connectivity index (χ0n) is 13.9. The van der Waals surface area contributed by atoms with Gasteiger partial charge in [0.05, 0.1) is 23.7 Å². The van der Waals surface area contributed by atoms with Gasteiger partial charge < -0.3 is 10.1 Å². The lowest BCUT2D eigenvalue weighted by atomic mass is 10.1. The van der Waals surface area contributed by atoms with Gasteiger partial charge in [-0.2, -0.15) is 9.97 Å². The lowest BCUT2D eigenvalue weighted by Gasteiger charge is -2.11. The molecule has 0 saturated carbocycles. The van der Waals surface area contributed by atoms with Crippen molar-refractivity contribution in [2.75, 3.05) is 11.9 Å². The minimum Gasteiger partial charge on any atom is -0.464 e. The number of nitrogens with one attached hydrogen (secondary N) is 1. The first kappa shape index (κ1) is 16.7. The highest BCUT2D eigenvalue weighted by molar-refractivity contribution is 6.02. The number of aryl methyl sites for hydroxylation is 3. The average molecular weight is 311 g/mol. The Morgan fingerprint density at radius 3 is 2.43 bits per heavy atom. The lowest BCUT2D eigenvalue weighted by Crippen LogP contribution is -2.13. The predicted molar refractivity (Wildman–Crippen MR) is 91.5 cm³/mol. The fraction of sp³-hybridized carbons (Fsp3) is 0.278. The number of ether oxygens (including phenoxy) is 1. The number of carbonyl (C=O) groups excluding carboxylic acids is 1. The maximum atomic E-state index is 12.1. The van der Waals surface area contributed by atoms with Gasteiger partial charge in [0.15, 0.2) is 0 Å². The van der Waals surface area contributed by atoms with Gasteiger partial charge in [0.25, 0.3) is 0 Å². The topological polar surface area (TPSA) is 64.1 Å². The standard InChI is InChI=1S/C18H21N3O2/c1-5-23-18-19-13(3)17(14(4)20-18)21-16(22)11-10-15-9-7-6-8-12(15)2/h6-11H,5H2,1-4H3,(H,21,22)/b11-10+. The summed E-state index contributed by atoms with van der Waals surface area (Å²) in [5.41, 5.74) is 4.11. The van der Waals surface area contributed by atoms with E-state index in [1.165, 1.54) is 6.08 Å². The summed E-state index contributed by atoms with van der Waals surface area (Å²) in [6.45, 7) is 8.02. The first-order valence-corrected chi connectivity index (χ1v) is 7.54. The normalized spacial score (nSPS) is 10.8. The molecule has 1 aromatic heterocycles. The van der Waals surface area contributed by atoms with E-state index in [-0.39, 0.29) is 5.91 Å². The minimum absolute atomic E-state index is 0.216. The average Bonchev–Trinajstić information content (AvgIpc) is 2.50. The first-order valence-electron chi connectivity index (χ1n) is 7.54. The van der Waals surface area contributed by atoms with Gasteiger partial charge in [-0.3, -0.25) is 4.79 Å². The second kappa shape index (κ2) is 7.54. The van der Waals surface area contributed by atoms with E-state index in [1.54, 1.807) is 6.08 Å². The van der Waals surface area contributed by atoms with Gasteiger partial charge >= 0.3 is 6.01 Å². The Bertz CT molecular complexity index is 716. The van der Waals surface area contributed by atoms with Crippen LogP contribution in [0.25, 0.3) is 6.08 Å². The molecule has 5 heteroatoms. The van der Waals surface area contributed by atoms with Gasteiger partial charge in [-0.25, -0.2) is 0 Å². The number of carbonyl (C=O) groups is 1. The molecule has 0 aliphatic heterocycles. The third kappa shape index (κ3) is 4.39. The molecule has 0 fully saturated rings. The van der Waals surface area contributed by atoms with Gasteiger partial charge in [0.2, 0.25) is 5.91 Å². The zero-order valence-corrected chi connectivity index (χ0v) is 13.9. The van der Waals surface area contributed by atoms with Crippen molar-refractivity contribution < 1.29 is 9.53 Å². The Morgan fingerprint density at radius 2 is 1.83 bits per heavy atom. The quantitative estimate of drug-likeness (QED) is 0.859. The van der Waals surface area contributed by atoms with Gasteiger partial charge in [0.1, 0.15) is 0 Å². The summed E-state index contributed by atoms with van der Waals surface area (Å²) >= 11 is 0. The highest BCUT2D eigenvalue weighted by atomic mass is 16.5. The molecule has 0 aliphatic carbocycles. The van der Waals surface area contributed by atoms with Crippen LogP contribution in [0.4, 0.5) is 5.69 Å². The molecule has 0 aliphatic rings. The van der Waals surface area contributed by atoms with Gasteiger partial charge in [-0.15, -0.1) is 0 Å². The van der Waals surface area contributed by atoms with Crippen LogP contribution >= 0.6 is 0 Å². The van der Waals surface area contributed by atoms with Crippen LogP contribution in [-0.4, -0.2) is 22.5 Å². The smallest absolute Gasteiger partial charge is 0.316 e. The van der Waals surface area contributed by atoms with Crippen molar-refractivity contribution in [1.82, 2.24) is 9.97 Å². The number of benzene rings is 1. The number of hydrogen-bond acceptors (Lipinski definition) is 4. The molecule has 5 nitrogen and oxygen atoms in total. The van der Waals surface area contributed by atoms with Crippen LogP contribution in [0.5, 0.6) is 6.01 Å². The van der Waals surface area contributed by atoms with Crippen molar-refractivity contribution in [1.29, 1.82) is 0 Å². The summed E-state index contributed by atoms with van der Waals surface area (Å²) < 4.78 is 5.30. The summed E-state index contributed by atoms with van der Waals surface area (Å²) in [6, 6.07) is 8.22. The summed E-state index contributed by atoms with van der Waals surface area (Å²) in [4.78, 5) is 20.6. The molecule has 1 amide bonds. The van der Waals surface area contributed by atoms with Crippen LogP contribution in [0, 0.1) is 20.8 Å². The maximum absolute atomic E-state index is 12.1. The van der Waals surface area contributed by atoms with Crippen LogP contribution in [0.15, 0.2) is 30.3 Å². The third-order valence-electron chi connectivity index (χ3n) is 3.37. The molecule has 0 radical (unpaired) electrons. The van der Waals surface area contributed by atoms with Crippen molar-refractivity contribution in [3.63, 3.8) is 0 Å². The Hall–Kier alpha value is -2.69. The molecule has 0 spiro atoms. The predicted octanol–water partition coefficient (Wildman–Crippen LogP) is 3.45. The van der Waals surface area contributed by atoms with Gasteiger partial charge in [-0.05, 0) is 44.9 Å². The fourth-order valence-electron chi connectivity index (χ4n) is 2.16. The van der Waals surface area contributed by atoms with E-state index in [0.717, 1.165) is 11.1 Å². The Labute approximate surface area is 136 Å². The van der Waals surface area contributed by atoms with E-state index < -0.39 is 0 Å². The number of hydrogen-bond donors (Lipinski definition) is 1. The van der Waals surface area contributed by atoms with E-state index in [4.69, 9.17) is 4.74 Å². The molecule has 0 bridgehead atoms. The molecule has 120 valence electrons. The Kier molecular flexibility index (Phi) is 5.46. The van der Waals surface area contributed by atoms with E-state index in [1.807, 2.05) is 52.0 Å². The lowest BCUT2D eigenvalue weighted by molar-refractivity contribution is -0.111. The molecule has 1 N–H and O–H groups in total. The number of anilines is 1. The number of aromatic nitrogens is 2. The molecule has 1 heterocycles. The van der Waals surface area contributed by atoms with Crippen LogP contribution in [0.3, 0.4) is 0 Å². The molecular formula is C18H21N3O2. The molecule has 2 rings (SSSR count). The molecule has 1 aromatic carbocycles. The highest BCUT2D eigenvalue weighted by Gasteiger charge is 2.10. The van der Waals surface area contributed by atoms with Crippen molar-refractivity contribution >= 4 is 17.7 Å². The van der Waals surface area contributed by atoms with Crippen molar-refractivity contribution in [3.8, 4) is 6.01 Å². The van der Waals surface area contributed by atoms with Crippen LogP contribution < -0.4 is 10.1 Å². The summed E-state index contributed by atoms with van der Waals surface area (Å²) in [7, 11) is 0. The fourth-order valence-corrected chi connectivity index (χ4v) is 2.16. The van der Waals surface area contributed by atoms with E-state index in [0.29, 0.717) is 29.7 Å². The molecule has 0 saturated heterocycles. The van der Waals surface area contributed by atoms with Crippen LogP contribution in [0.2, 0.25) is 0 Å². The summed E-state index contributed by atoms with van der Waals surface area (Å²) in [5.74, 6) is -0.216. The SMILES string of the molecule is CCOc1nc(C)c(NC(=O)/C=C/c2ccccc2C)c(C)n1. The van der Waals surface area contributed by atoms with Crippen LogP contribution in [-0.2, 0) is 4.79 Å². The third-order valence-corrected chi connectivity index (χ3v) is 3.37. The van der Waals surface area contributed by atoms with Crippen LogP contribution in [0.1, 0.15) is 29.4 Å². The number of rotatable bonds is 5. The molecule has 2 aromatic rings. The first-order chi connectivity index (χ1) is 11.0. The zero-order chi connectivity index (χ0) is 16.8. The second-order valence-corrected chi connectivity index (χ2v) is 5.16. The van der Waals surface area contributed by atoms with Gasteiger partial charge in [-0.1, -0.05) is 24.3 Å². The number of nitrogens with zero attached hydrogens (tertiary/aromatic N) is 2. The molecular weight excluding hydrogens is 290 g/mol. The highest BCUT2D eigenvalue weighted by Crippen LogP contribution is 2.19. The van der Waals surface area contributed by atoms with Gasteiger partial charge in [0, 0.05) is 6.08 Å². The second-order valence-electron chi connectivity index (χ2n) is 5.16. The molecule has 23 heavy (non-hydrogen) atoms. The van der Waals surface area contributed by atoms with Crippen molar-refractivity contribution in [2.24, 2.45) is 0 Å². The Balaban J connectivity index is 2.13. The molecule has 0 atom stereocenters. The van der Waals surface area contributed by atoms with Crippen molar-refractivity contribution in [2.45, 2.75) is 27.7 Å². The number of amides is 1. The molecule has 0 unspecified atom stereocenters.